The summed E-state index contributed by atoms with van der Waals surface area (Å²) in [5.74, 6) is -0.325. The number of hydrogen-bond donors (Lipinski definition) is 7. The van der Waals surface area contributed by atoms with Gasteiger partial charge in [-0.2, -0.15) is 0 Å². The lowest BCUT2D eigenvalue weighted by Gasteiger charge is -2.24. The topological polar surface area (TPSA) is 224 Å². The number of fused-ring (bicyclic) bond motifs is 6. The van der Waals surface area contributed by atoms with E-state index in [2.05, 4.69) is 37.2 Å². The first kappa shape index (κ1) is 57.1. The van der Waals surface area contributed by atoms with Crippen molar-refractivity contribution in [1.82, 2.24) is 37.2 Å². The quantitative estimate of drug-likeness (QED) is 0.0815. The van der Waals surface area contributed by atoms with Gasteiger partial charge in [0, 0.05) is 63.0 Å². The summed E-state index contributed by atoms with van der Waals surface area (Å²) in [5.41, 5.74) is 6.88. The normalized spacial score (nSPS) is 19.4. The number of para-hydroxylation sites is 2. The second-order valence-corrected chi connectivity index (χ2v) is 19.3. The van der Waals surface area contributed by atoms with Crippen molar-refractivity contribution < 1.29 is 47.7 Å². The maximum Gasteiger partial charge on any atom is 0.251 e. The van der Waals surface area contributed by atoms with E-state index in [1.807, 2.05) is 88.4 Å². The first-order valence-electron chi connectivity index (χ1n) is 26.7. The predicted molar refractivity (Wildman–Crippen MR) is 288 cm³/mol. The van der Waals surface area contributed by atoms with Crippen LogP contribution in [0.2, 0.25) is 0 Å². The van der Waals surface area contributed by atoms with E-state index in [0.29, 0.717) is 99.3 Å². The molecule has 404 valence electrons. The largest absolute Gasteiger partial charge is 0.493 e. The molecule has 17 heteroatoms. The second-order valence-electron chi connectivity index (χ2n) is 19.3. The minimum atomic E-state index is -1.02. The minimum absolute atomic E-state index is 0.240. The lowest BCUT2D eigenvalue weighted by atomic mass is 9.89. The Balaban J connectivity index is 1.58. The molecule has 6 rings (SSSR count). The number of carbonyl (C=O) groups is 6. The second kappa shape index (κ2) is 28.0. The van der Waals surface area contributed by atoms with Crippen molar-refractivity contribution in [2.75, 3.05) is 52.6 Å². The van der Waals surface area contributed by atoms with Crippen LogP contribution >= 0.6 is 0 Å². The third-order valence-corrected chi connectivity index (χ3v) is 12.9. The summed E-state index contributed by atoms with van der Waals surface area (Å²) in [7, 11) is 0. The van der Waals surface area contributed by atoms with Crippen molar-refractivity contribution in [2.45, 2.75) is 131 Å². The highest BCUT2D eigenvalue weighted by Crippen LogP contribution is 2.40. The fourth-order valence-electron chi connectivity index (χ4n) is 8.99. The number of ether oxygens (including phenoxy) is 4. The van der Waals surface area contributed by atoms with E-state index >= 15 is 0 Å². The Kier molecular flexibility index (Phi) is 21.3. The van der Waals surface area contributed by atoms with Gasteiger partial charge in [0.15, 0.2) is 0 Å². The zero-order valence-corrected chi connectivity index (χ0v) is 45.0. The number of hydrogen-bond acceptors (Lipinski definition) is 11. The molecule has 0 radical (unpaired) electrons. The summed E-state index contributed by atoms with van der Waals surface area (Å²) in [6.07, 6.45) is 4.10. The van der Waals surface area contributed by atoms with E-state index in [9.17, 15) is 28.8 Å². The molecule has 1 aliphatic heterocycles. The molecule has 75 heavy (non-hydrogen) atoms. The molecule has 4 atom stereocenters. The van der Waals surface area contributed by atoms with Gasteiger partial charge in [-0.15, -0.1) is 0 Å². The monoisotopic (exact) mass is 1030 g/mol. The van der Waals surface area contributed by atoms with Crippen LogP contribution in [-0.4, -0.2) is 112 Å². The first-order chi connectivity index (χ1) is 36.1. The van der Waals surface area contributed by atoms with Crippen LogP contribution in [0.3, 0.4) is 0 Å². The van der Waals surface area contributed by atoms with Crippen LogP contribution in [0.5, 0.6) is 23.0 Å². The van der Waals surface area contributed by atoms with E-state index < -0.39 is 59.6 Å². The Bertz CT molecular complexity index is 2400. The molecule has 4 aromatic carbocycles. The van der Waals surface area contributed by atoms with Crippen molar-refractivity contribution in [1.29, 1.82) is 0 Å². The lowest BCUT2D eigenvalue weighted by molar-refractivity contribution is -0.129. The molecule has 0 unspecified atom stereocenters. The number of benzene rings is 4. The highest BCUT2D eigenvalue weighted by Gasteiger charge is 2.28. The maximum absolute atomic E-state index is 14.5. The molecule has 10 bridgehead atoms. The van der Waals surface area contributed by atoms with E-state index in [1.165, 1.54) is 0 Å². The van der Waals surface area contributed by atoms with E-state index in [4.69, 9.17) is 18.9 Å². The smallest absolute Gasteiger partial charge is 0.251 e. The van der Waals surface area contributed by atoms with Crippen LogP contribution in [0.25, 0.3) is 0 Å². The molecule has 0 saturated heterocycles. The molecule has 0 spiro atoms. The summed E-state index contributed by atoms with van der Waals surface area (Å²) in [6, 6.07) is 15.3. The SMILES string of the molecule is CCCOc1c2cccc1Cc1cc3cc(c1OCCC)Cc1cccc(c1OCCC)Cc1cc(cc(c1OCCC)C2)C(=O)N[C@@H](C)C(=O)N[C@@H](C)C(=O)NCCNCCNC(=O)[C@H](C)NC(=O)[C@@H](C)NC3=O. The number of carbonyl (C=O) groups excluding carboxylic acids is 6. The molecular weight excluding hydrogens is 955 g/mol. The molecule has 0 fully saturated rings. The zero-order chi connectivity index (χ0) is 54.0. The summed E-state index contributed by atoms with van der Waals surface area (Å²) in [4.78, 5) is 82.2. The van der Waals surface area contributed by atoms with Gasteiger partial charge in [-0.25, -0.2) is 0 Å². The highest BCUT2D eigenvalue weighted by molar-refractivity contribution is 6.00. The third-order valence-electron chi connectivity index (χ3n) is 12.9. The summed E-state index contributed by atoms with van der Waals surface area (Å²) in [5, 5.41) is 19.9. The summed E-state index contributed by atoms with van der Waals surface area (Å²) < 4.78 is 26.7. The Morgan fingerprint density at radius 1 is 0.387 bits per heavy atom. The number of rotatable bonds is 12. The highest BCUT2D eigenvalue weighted by atomic mass is 16.5. The molecule has 1 aliphatic carbocycles. The average molecular weight is 1030 g/mol. The molecule has 7 N–H and O–H groups in total. The lowest BCUT2D eigenvalue weighted by Crippen LogP contribution is -2.52. The molecule has 4 aromatic rings. The Morgan fingerprint density at radius 2 is 0.667 bits per heavy atom. The fraction of sp³-hybridized carbons (Fsp3) is 0.483. The summed E-state index contributed by atoms with van der Waals surface area (Å²) in [6.45, 7) is 17.3. The van der Waals surface area contributed by atoms with Crippen molar-refractivity contribution in [3.8, 4) is 23.0 Å². The maximum atomic E-state index is 14.5. The van der Waals surface area contributed by atoms with Gasteiger partial charge in [-0.05, 0) is 122 Å². The van der Waals surface area contributed by atoms with Crippen molar-refractivity contribution in [3.05, 3.63) is 116 Å². The van der Waals surface area contributed by atoms with Gasteiger partial charge in [0.2, 0.25) is 23.6 Å². The van der Waals surface area contributed by atoms with E-state index in [0.717, 1.165) is 70.2 Å². The van der Waals surface area contributed by atoms with E-state index in [1.54, 1.807) is 27.7 Å². The molecule has 6 amide bonds. The Labute approximate surface area is 441 Å². The molecular formula is C58H77N7O10. The van der Waals surface area contributed by atoms with Crippen LogP contribution in [0.15, 0.2) is 60.7 Å². The van der Waals surface area contributed by atoms with Gasteiger partial charge in [-0.1, -0.05) is 64.1 Å². The van der Waals surface area contributed by atoms with Crippen LogP contribution in [0, 0.1) is 0 Å². The minimum Gasteiger partial charge on any atom is -0.493 e. The standard InChI is InChI=1S/C58H77N7O10/c1-9-23-72-49-39-15-13-16-40(49)28-44-32-48-34-46(52(44)75-26-12-4)30-42-18-14-17-41(50(42)73-24-10-2)29-45-33-47(31-43(27-39)51(45)74-25-11-3)57(70)64-37(7)55(68)62-35(5)53(66)60-21-19-59-20-22-61-54(67)36(6)63-56(69)38(8)65-58(48)71/h13-18,31-38,59H,9-12,19-30H2,1-8H3,(H,60,66)(H,61,67)(H,62,68)(H,63,69)(H,64,70)(H,65,71)/t35-,36-,37-,38+/m0/s1. The van der Waals surface area contributed by atoms with Gasteiger partial charge in [0.05, 0.1) is 26.4 Å². The molecule has 0 saturated carbocycles. The average Bonchev–Trinajstić information content (AvgIpc) is 3.38. The molecule has 0 aromatic heterocycles. The van der Waals surface area contributed by atoms with Crippen LogP contribution in [-0.2, 0) is 44.9 Å². The van der Waals surface area contributed by atoms with Gasteiger partial charge < -0.3 is 56.2 Å². The number of nitrogens with one attached hydrogen (secondary N) is 7. The first-order valence-corrected chi connectivity index (χ1v) is 26.7. The molecule has 2 aliphatic rings. The van der Waals surface area contributed by atoms with Crippen molar-refractivity contribution in [3.63, 3.8) is 0 Å². The third kappa shape index (κ3) is 15.5. The van der Waals surface area contributed by atoms with Crippen LogP contribution < -0.4 is 56.2 Å². The van der Waals surface area contributed by atoms with E-state index in [-0.39, 0.29) is 13.1 Å². The molecule has 1 heterocycles. The molecule has 17 nitrogen and oxygen atoms in total. The Morgan fingerprint density at radius 3 is 0.960 bits per heavy atom. The predicted octanol–water partition coefficient (Wildman–Crippen LogP) is 5.60. The Hall–Kier alpha value is -7.14. The van der Waals surface area contributed by atoms with Crippen molar-refractivity contribution in [2.24, 2.45) is 0 Å². The van der Waals surface area contributed by atoms with Gasteiger partial charge in [0.1, 0.15) is 47.2 Å². The number of amides is 6. The van der Waals surface area contributed by atoms with Crippen LogP contribution in [0.4, 0.5) is 0 Å². The van der Waals surface area contributed by atoms with Gasteiger partial charge in [-0.3, -0.25) is 28.8 Å². The van der Waals surface area contributed by atoms with Gasteiger partial charge in [0.25, 0.3) is 11.8 Å². The van der Waals surface area contributed by atoms with Crippen molar-refractivity contribution >= 4 is 35.4 Å². The fourth-order valence-corrected chi connectivity index (χ4v) is 8.99. The zero-order valence-electron chi connectivity index (χ0n) is 45.0. The summed E-state index contributed by atoms with van der Waals surface area (Å²) >= 11 is 0. The van der Waals surface area contributed by atoms with Crippen LogP contribution in [0.1, 0.15) is 146 Å². The van der Waals surface area contributed by atoms with Gasteiger partial charge >= 0.3 is 0 Å².